The smallest absolute Gasteiger partial charge is 0.411 e. The van der Waals surface area contributed by atoms with E-state index in [4.69, 9.17) is 9.84 Å². The Morgan fingerprint density at radius 1 is 1.29 bits per heavy atom. The zero-order valence-corrected chi connectivity index (χ0v) is 11.1. The monoisotopic (exact) mass is 243 g/mol. The van der Waals surface area contributed by atoms with Gasteiger partial charge in [0.05, 0.1) is 0 Å². The van der Waals surface area contributed by atoms with Gasteiger partial charge in [-0.15, -0.1) is 0 Å². The lowest BCUT2D eigenvalue weighted by molar-refractivity contribution is -0.142. The Morgan fingerprint density at radius 3 is 2.24 bits per heavy atom. The molecular weight excluding hydrogens is 222 g/mol. The van der Waals surface area contributed by atoms with E-state index in [9.17, 15) is 9.59 Å². The maximum Gasteiger partial charge on any atom is 0.411 e. The van der Waals surface area contributed by atoms with Crippen LogP contribution in [0.1, 0.15) is 41.0 Å². The third kappa shape index (κ3) is 3.11. The zero-order chi connectivity index (χ0) is 13.4. The van der Waals surface area contributed by atoms with Gasteiger partial charge in [0.1, 0.15) is 11.6 Å². The number of carboxylic acid groups (broad SMARTS) is 1. The van der Waals surface area contributed by atoms with E-state index < -0.39 is 23.7 Å². The molecule has 5 heteroatoms. The van der Waals surface area contributed by atoms with Crippen LogP contribution in [0.15, 0.2) is 0 Å². The largest absolute Gasteiger partial charge is 0.480 e. The summed E-state index contributed by atoms with van der Waals surface area (Å²) in [5.41, 5.74) is -0.605. The summed E-state index contributed by atoms with van der Waals surface area (Å²) in [6, 6.07) is -0.874. The molecule has 5 nitrogen and oxygen atoms in total. The topological polar surface area (TPSA) is 66.8 Å². The molecule has 1 unspecified atom stereocenters. The molecule has 1 N–H and O–H groups in total. The summed E-state index contributed by atoms with van der Waals surface area (Å²) in [7, 11) is 0. The molecule has 0 aromatic rings. The van der Waals surface area contributed by atoms with E-state index in [0.29, 0.717) is 6.42 Å². The van der Waals surface area contributed by atoms with Crippen LogP contribution in [0, 0.1) is 5.92 Å². The van der Waals surface area contributed by atoms with Gasteiger partial charge in [0, 0.05) is 6.04 Å². The van der Waals surface area contributed by atoms with Gasteiger partial charge < -0.3 is 9.84 Å². The Bertz CT molecular complexity index is 321. The second-order valence-corrected chi connectivity index (χ2v) is 5.70. The van der Waals surface area contributed by atoms with Crippen molar-refractivity contribution in [1.82, 2.24) is 4.90 Å². The molecule has 1 fully saturated rings. The van der Waals surface area contributed by atoms with E-state index in [0.717, 1.165) is 0 Å². The molecular formula is C12H21NO4. The van der Waals surface area contributed by atoms with Crippen molar-refractivity contribution in [3.8, 4) is 0 Å². The van der Waals surface area contributed by atoms with Crippen molar-refractivity contribution >= 4 is 12.1 Å². The maximum atomic E-state index is 12.0. The van der Waals surface area contributed by atoms with E-state index in [1.807, 2.05) is 13.8 Å². The van der Waals surface area contributed by atoms with E-state index in [1.54, 1.807) is 20.8 Å². The molecule has 1 rings (SSSR count). The molecule has 0 aromatic carbocycles. The van der Waals surface area contributed by atoms with E-state index in [2.05, 4.69) is 0 Å². The number of likely N-dealkylation sites (tertiary alicyclic amines) is 1. The van der Waals surface area contributed by atoms with Crippen LogP contribution in [0.4, 0.5) is 4.79 Å². The highest BCUT2D eigenvalue weighted by molar-refractivity contribution is 5.81. The molecule has 1 saturated heterocycles. The normalized spacial score (nSPS) is 29.2. The number of carboxylic acids is 1. The molecule has 17 heavy (non-hydrogen) atoms. The van der Waals surface area contributed by atoms with Crippen molar-refractivity contribution in [2.45, 2.75) is 58.7 Å². The van der Waals surface area contributed by atoms with Crippen molar-refractivity contribution in [3.63, 3.8) is 0 Å². The van der Waals surface area contributed by atoms with E-state index >= 15 is 0 Å². The van der Waals surface area contributed by atoms with Crippen molar-refractivity contribution in [2.75, 3.05) is 0 Å². The van der Waals surface area contributed by atoms with Gasteiger partial charge in [0.15, 0.2) is 0 Å². The number of ether oxygens (including phenoxy) is 1. The van der Waals surface area contributed by atoms with Gasteiger partial charge >= 0.3 is 12.1 Å². The fraction of sp³-hybridized carbons (Fsp3) is 0.833. The third-order valence-corrected chi connectivity index (χ3v) is 3.08. The van der Waals surface area contributed by atoms with Crippen LogP contribution in [-0.2, 0) is 9.53 Å². The average Bonchev–Trinajstić information content (AvgIpc) is 2.40. The second kappa shape index (κ2) is 4.55. The standard InChI is InChI=1S/C12H21NO4/c1-7-6-9(10(14)15)13(8(7)2)11(16)17-12(3,4)5/h7-9H,6H2,1-5H3,(H,14,15)/t7-,8?,9-/m0/s1. The number of hydrogen-bond donors (Lipinski definition) is 1. The predicted octanol–water partition coefficient (Wildman–Crippen LogP) is 2.10. The highest BCUT2D eigenvalue weighted by Gasteiger charge is 2.44. The minimum absolute atomic E-state index is 0.106. The predicted molar refractivity (Wildman–Crippen MR) is 62.7 cm³/mol. The number of rotatable bonds is 1. The van der Waals surface area contributed by atoms with Gasteiger partial charge in [-0.25, -0.2) is 9.59 Å². The molecule has 1 amide bonds. The molecule has 1 heterocycles. The summed E-state index contributed by atoms with van der Waals surface area (Å²) in [6.07, 6.45) is -0.0582. The van der Waals surface area contributed by atoms with Gasteiger partial charge in [0.25, 0.3) is 0 Å². The van der Waals surface area contributed by atoms with Crippen molar-refractivity contribution < 1.29 is 19.4 Å². The molecule has 3 atom stereocenters. The summed E-state index contributed by atoms with van der Waals surface area (Å²) in [4.78, 5) is 24.4. The van der Waals surface area contributed by atoms with Crippen LogP contribution in [0.25, 0.3) is 0 Å². The summed E-state index contributed by atoms with van der Waals surface area (Å²) >= 11 is 0. The van der Waals surface area contributed by atoms with Crippen molar-refractivity contribution in [1.29, 1.82) is 0 Å². The van der Waals surface area contributed by atoms with Gasteiger partial charge in [-0.1, -0.05) is 6.92 Å². The second-order valence-electron chi connectivity index (χ2n) is 5.70. The zero-order valence-electron chi connectivity index (χ0n) is 11.1. The minimum Gasteiger partial charge on any atom is -0.480 e. The van der Waals surface area contributed by atoms with Crippen LogP contribution in [-0.4, -0.2) is 39.8 Å². The summed E-state index contributed by atoms with van der Waals surface area (Å²) < 4.78 is 5.24. The number of aliphatic carboxylic acids is 1. The first-order valence-electron chi connectivity index (χ1n) is 5.87. The highest BCUT2D eigenvalue weighted by atomic mass is 16.6. The van der Waals surface area contributed by atoms with Gasteiger partial charge in [0.2, 0.25) is 0 Å². The molecule has 0 bridgehead atoms. The number of carbonyl (C=O) groups excluding carboxylic acids is 1. The molecule has 0 aliphatic carbocycles. The summed E-state index contributed by atoms with van der Waals surface area (Å²) in [5.74, 6) is -0.796. The molecule has 1 aliphatic heterocycles. The molecule has 0 saturated carbocycles. The van der Waals surface area contributed by atoms with Crippen molar-refractivity contribution in [2.24, 2.45) is 5.92 Å². The van der Waals surface area contributed by atoms with Crippen molar-refractivity contribution in [3.05, 3.63) is 0 Å². The summed E-state index contributed by atoms with van der Waals surface area (Å²) in [6.45, 7) is 9.11. The Labute approximate surface area is 102 Å². The molecule has 0 spiro atoms. The first-order valence-corrected chi connectivity index (χ1v) is 5.87. The lowest BCUT2D eigenvalue weighted by atomic mass is 10.0. The lowest BCUT2D eigenvalue weighted by Crippen LogP contribution is -2.46. The SMILES string of the molecule is CC1[C@@H](C)C[C@@H](C(=O)O)N1C(=O)OC(C)(C)C. The minimum atomic E-state index is -0.966. The number of amides is 1. The van der Waals surface area contributed by atoms with Gasteiger partial charge in [-0.05, 0) is 40.0 Å². The number of carbonyl (C=O) groups is 2. The van der Waals surface area contributed by atoms with Crippen LogP contribution in [0.5, 0.6) is 0 Å². The molecule has 0 radical (unpaired) electrons. The fourth-order valence-electron chi connectivity index (χ4n) is 2.05. The van der Waals surface area contributed by atoms with Gasteiger partial charge in [-0.2, -0.15) is 0 Å². The van der Waals surface area contributed by atoms with Crippen LogP contribution < -0.4 is 0 Å². The number of hydrogen-bond acceptors (Lipinski definition) is 3. The average molecular weight is 243 g/mol. The fourth-order valence-corrected chi connectivity index (χ4v) is 2.05. The lowest BCUT2D eigenvalue weighted by Gasteiger charge is -2.30. The van der Waals surface area contributed by atoms with Crippen LogP contribution in [0.3, 0.4) is 0 Å². The highest BCUT2D eigenvalue weighted by Crippen LogP contribution is 2.31. The molecule has 98 valence electrons. The maximum absolute atomic E-state index is 12.0. The first-order chi connectivity index (χ1) is 7.63. The van der Waals surface area contributed by atoms with Crippen LogP contribution >= 0.6 is 0 Å². The first kappa shape index (κ1) is 13.8. The van der Waals surface area contributed by atoms with E-state index in [1.165, 1.54) is 4.90 Å². The Kier molecular flexibility index (Phi) is 3.69. The Hall–Kier alpha value is -1.26. The number of nitrogens with zero attached hydrogens (tertiary/aromatic N) is 1. The summed E-state index contributed by atoms with van der Waals surface area (Å²) in [5, 5.41) is 9.12. The molecule has 0 aromatic heterocycles. The Morgan fingerprint density at radius 2 is 1.82 bits per heavy atom. The van der Waals surface area contributed by atoms with E-state index in [-0.39, 0.29) is 12.0 Å². The van der Waals surface area contributed by atoms with Crippen LogP contribution in [0.2, 0.25) is 0 Å². The third-order valence-electron chi connectivity index (χ3n) is 3.08. The Balaban J connectivity index is 2.85. The van der Waals surface area contributed by atoms with Gasteiger partial charge in [-0.3, -0.25) is 4.90 Å². The molecule has 1 aliphatic rings. The quantitative estimate of drug-likeness (QED) is 0.766.